The number of hydrogen-bond acceptors (Lipinski definition) is 0. The van der Waals surface area contributed by atoms with Gasteiger partial charge in [0.1, 0.15) is 0 Å². The smallest absolute Gasteiger partial charge is 0.0205 e. The Labute approximate surface area is 141 Å². The van der Waals surface area contributed by atoms with E-state index in [0.717, 1.165) is 11.8 Å². The molecule has 0 saturated heterocycles. The molecule has 0 unspecified atom stereocenters. The summed E-state index contributed by atoms with van der Waals surface area (Å²) in [6.07, 6.45) is 28.1. The highest BCUT2D eigenvalue weighted by molar-refractivity contribution is 4.94. The second-order valence-electron chi connectivity index (χ2n) is 7.54. The summed E-state index contributed by atoms with van der Waals surface area (Å²) in [5.74, 6) is 1.94. The molecule has 22 heavy (non-hydrogen) atoms. The van der Waals surface area contributed by atoms with Gasteiger partial charge >= 0.3 is 0 Å². The van der Waals surface area contributed by atoms with Gasteiger partial charge in [0.2, 0.25) is 0 Å². The molecular weight excluding hydrogens is 264 g/mol. The molecule has 0 aliphatic heterocycles. The molecule has 1 saturated carbocycles. The van der Waals surface area contributed by atoms with Crippen molar-refractivity contribution in [2.75, 3.05) is 0 Å². The standard InChI is InChI=1S/C22H42/c1-3-5-7-9-11-13-15-18-22-20-16-19-21(22)17-14-12-10-8-6-4-2/h14,17,21-22H,3-13,15-16,18-20H2,1-2H3/b17-14+/t21-,22-/m0/s1. The zero-order valence-corrected chi connectivity index (χ0v) is 15.6. The Kier molecular flexibility index (Phi) is 12.9. The molecule has 1 aliphatic rings. The van der Waals surface area contributed by atoms with Crippen LogP contribution in [0.5, 0.6) is 0 Å². The van der Waals surface area contributed by atoms with Crippen LogP contribution in [0.4, 0.5) is 0 Å². The third-order valence-electron chi connectivity index (χ3n) is 5.50. The van der Waals surface area contributed by atoms with Crippen LogP contribution in [0, 0.1) is 11.8 Å². The Morgan fingerprint density at radius 1 is 0.727 bits per heavy atom. The molecule has 1 fully saturated rings. The molecule has 0 heteroatoms. The van der Waals surface area contributed by atoms with Crippen molar-refractivity contribution in [2.45, 2.75) is 117 Å². The van der Waals surface area contributed by atoms with Gasteiger partial charge in [0.25, 0.3) is 0 Å². The monoisotopic (exact) mass is 306 g/mol. The van der Waals surface area contributed by atoms with Crippen molar-refractivity contribution in [3.05, 3.63) is 12.2 Å². The van der Waals surface area contributed by atoms with Crippen LogP contribution in [0.2, 0.25) is 0 Å². The van der Waals surface area contributed by atoms with E-state index in [9.17, 15) is 0 Å². The first-order valence-corrected chi connectivity index (χ1v) is 10.5. The number of allylic oxidation sites excluding steroid dienone is 2. The van der Waals surface area contributed by atoms with Crippen LogP contribution in [0.25, 0.3) is 0 Å². The molecule has 0 spiro atoms. The Morgan fingerprint density at radius 3 is 2.09 bits per heavy atom. The molecule has 1 rings (SSSR count). The molecule has 0 bridgehead atoms. The van der Waals surface area contributed by atoms with Crippen molar-refractivity contribution >= 4 is 0 Å². The zero-order chi connectivity index (χ0) is 15.9. The summed E-state index contributed by atoms with van der Waals surface area (Å²) in [5.41, 5.74) is 0. The molecular formula is C22H42. The normalized spacial score (nSPS) is 21.9. The van der Waals surface area contributed by atoms with Gasteiger partial charge in [-0.05, 0) is 43.9 Å². The zero-order valence-electron chi connectivity index (χ0n) is 15.6. The van der Waals surface area contributed by atoms with Crippen molar-refractivity contribution in [3.63, 3.8) is 0 Å². The highest BCUT2D eigenvalue weighted by Crippen LogP contribution is 2.36. The number of hydrogen-bond donors (Lipinski definition) is 0. The second kappa shape index (κ2) is 14.3. The van der Waals surface area contributed by atoms with Gasteiger partial charge in [-0.2, -0.15) is 0 Å². The first-order valence-electron chi connectivity index (χ1n) is 10.5. The van der Waals surface area contributed by atoms with E-state index in [4.69, 9.17) is 0 Å². The molecule has 130 valence electrons. The van der Waals surface area contributed by atoms with E-state index in [1.165, 1.54) is 103 Å². The van der Waals surface area contributed by atoms with Gasteiger partial charge in [0.05, 0.1) is 0 Å². The van der Waals surface area contributed by atoms with Crippen LogP contribution in [-0.4, -0.2) is 0 Å². The maximum Gasteiger partial charge on any atom is -0.0205 e. The van der Waals surface area contributed by atoms with Gasteiger partial charge in [-0.25, -0.2) is 0 Å². The third-order valence-corrected chi connectivity index (χ3v) is 5.50. The van der Waals surface area contributed by atoms with E-state index in [0.29, 0.717) is 0 Å². The van der Waals surface area contributed by atoms with Gasteiger partial charge in [-0.15, -0.1) is 0 Å². The summed E-state index contributed by atoms with van der Waals surface area (Å²) < 4.78 is 0. The average Bonchev–Trinajstić information content (AvgIpc) is 2.97. The minimum Gasteiger partial charge on any atom is -0.0882 e. The minimum absolute atomic E-state index is 0.922. The van der Waals surface area contributed by atoms with Crippen molar-refractivity contribution in [1.82, 2.24) is 0 Å². The molecule has 0 aromatic rings. The molecule has 1 aliphatic carbocycles. The first-order chi connectivity index (χ1) is 10.9. The van der Waals surface area contributed by atoms with Gasteiger partial charge in [-0.1, -0.05) is 96.6 Å². The first kappa shape index (κ1) is 19.8. The lowest BCUT2D eigenvalue weighted by Gasteiger charge is -2.16. The molecule has 0 aromatic carbocycles. The lowest BCUT2D eigenvalue weighted by atomic mass is 9.90. The van der Waals surface area contributed by atoms with Crippen LogP contribution in [0.15, 0.2) is 12.2 Å². The summed E-state index contributed by atoms with van der Waals surface area (Å²) in [6.45, 7) is 4.60. The lowest BCUT2D eigenvalue weighted by molar-refractivity contribution is 0.401. The predicted molar refractivity (Wildman–Crippen MR) is 101 cm³/mol. The molecule has 0 radical (unpaired) electrons. The Morgan fingerprint density at radius 2 is 1.36 bits per heavy atom. The molecule has 0 heterocycles. The van der Waals surface area contributed by atoms with Crippen molar-refractivity contribution in [2.24, 2.45) is 11.8 Å². The predicted octanol–water partition coefficient (Wildman–Crippen LogP) is 8.07. The molecule has 0 nitrogen and oxygen atoms in total. The Hall–Kier alpha value is -0.260. The molecule has 0 aromatic heterocycles. The average molecular weight is 307 g/mol. The quantitative estimate of drug-likeness (QED) is 0.225. The van der Waals surface area contributed by atoms with Gasteiger partial charge in [-0.3, -0.25) is 0 Å². The fourth-order valence-electron chi connectivity index (χ4n) is 4.00. The Bertz CT molecular complexity index is 253. The van der Waals surface area contributed by atoms with Gasteiger partial charge in [0, 0.05) is 0 Å². The maximum atomic E-state index is 2.59. The van der Waals surface area contributed by atoms with Gasteiger partial charge in [0.15, 0.2) is 0 Å². The molecule has 0 amide bonds. The van der Waals surface area contributed by atoms with Crippen molar-refractivity contribution < 1.29 is 0 Å². The summed E-state index contributed by atoms with van der Waals surface area (Å²) in [7, 11) is 0. The van der Waals surface area contributed by atoms with E-state index in [-0.39, 0.29) is 0 Å². The van der Waals surface area contributed by atoms with E-state index < -0.39 is 0 Å². The van der Waals surface area contributed by atoms with Crippen LogP contribution < -0.4 is 0 Å². The number of unbranched alkanes of at least 4 members (excludes halogenated alkanes) is 10. The third kappa shape index (κ3) is 9.70. The molecule has 0 N–H and O–H groups in total. The van der Waals surface area contributed by atoms with Crippen molar-refractivity contribution in [3.8, 4) is 0 Å². The highest BCUT2D eigenvalue weighted by Gasteiger charge is 2.24. The minimum atomic E-state index is 0.922. The topological polar surface area (TPSA) is 0 Å². The summed E-state index contributed by atoms with van der Waals surface area (Å²) in [4.78, 5) is 0. The van der Waals surface area contributed by atoms with Crippen LogP contribution in [-0.2, 0) is 0 Å². The van der Waals surface area contributed by atoms with Crippen molar-refractivity contribution in [1.29, 1.82) is 0 Å². The van der Waals surface area contributed by atoms with Crippen LogP contribution >= 0.6 is 0 Å². The fraction of sp³-hybridized carbons (Fsp3) is 0.909. The van der Waals surface area contributed by atoms with E-state index in [1.807, 2.05) is 0 Å². The maximum absolute atomic E-state index is 2.59. The van der Waals surface area contributed by atoms with E-state index >= 15 is 0 Å². The number of rotatable bonds is 14. The fourth-order valence-corrected chi connectivity index (χ4v) is 4.00. The highest BCUT2D eigenvalue weighted by atomic mass is 14.3. The largest absolute Gasteiger partial charge is 0.0882 e. The SMILES string of the molecule is CCCCCC/C=C/[C@H]1CCC[C@@H]1CCCCCCCCC. The summed E-state index contributed by atoms with van der Waals surface area (Å²) >= 11 is 0. The Balaban J connectivity index is 2.03. The van der Waals surface area contributed by atoms with E-state index in [1.54, 1.807) is 0 Å². The summed E-state index contributed by atoms with van der Waals surface area (Å²) in [5, 5.41) is 0. The van der Waals surface area contributed by atoms with Crippen LogP contribution in [0.3, 0.4) is 0 Å². The summed E-state index contributed by atoms with van der Waals surface area (Å²) in [6, 6.07) is 0. The molecule has 2 atom stereocenters. The van der Waals surface area contributed by atoms with Gasteiger partial charge < -0.3 is 0 Å². The van der Waals surface area contributed by atoms with E-state index in [2.05, 4.69) is 26.0 Å². The lowest BCUT2D eigenvalue weighted by Crippen LogP contribution is -2.05. The van der Waals surface area contributed by atoms with Crippen LogP contribution in [0.1, 0.15) is 117 Å². The second-order valence-corrected chi connectivity index (χ2v) is 7.54.